The standard InChI is InChI=1S/C13H23NO2/c1-9-4-5-13(15,6-9)12(8-14)7-10-2-3-11(12)16-10/h9-11,15H,2-8,14H2,1H3. The summed E-state index contributed by atoms with van der Waals surface area (Å²) < 4.78 is 5.95. The molecule has 0 amide bonds. The predicted octanol–water partition coefficient (Wildman–Crippen LogP) is 1.43. The quantitative estimate of drug-likeness (QED) is 0.747. The van der Waals surface area contributed by atoms with Crippen molar-refractivity contribution in [2.75, 3.05) is 6.54 Å². The van der Waals surface area contributed by atoms with Gasteiger partial charge in [0.2, 0.25) is 0 Å². The van der Waals surface area contributed by atoms with Crippen LogP contribution < -0.4 is 5.73 Å². The summed E-state index contributed by atoms with van der Waals surface area (Å²) in [7, 11) is 0. The van der Waals surface area contributed by atoms with E-state index in [2.05, 4.69) is 6.92 Å². The molecule has 5 atom stereocenters. The van der Waals surface area contributed by atoms with E-state index in [9.17, 15) is 5.11 Å². The van der Waals surface area contributed by atoms with Crippen molar-refractivity contribution >= 4 is 0 Å². The van der Waals surface area contributed by atoms with Gasteiger partial charge in [-0.3, -0.25) is 0 Å². The third-order valence-electron chi connectivity index (χ3n) is 5.34. The zero-order valence-corrected chi connectivity index (χ0v) is 10.1. The third-order valence-corrected chi connectivity index (χ3v) is 5.34. The van der Waals surface area contributed by atoms with Crippen molar-refractivity contribution in [2.45, 2.75) is 63.3 Å². The molecule has 3 fully saturated rings. The molecule has 0 radical (unpaired) electrons. The minimum Gasteiger partial charge on any atom is -0.389 e. The summed E-state index contributed by atoms with van der Waals surface area (Å²) in [5.41, 5.74) is 5.33. The van der Waals surface area contributed by atoms with Crippen molar-refractivity contribution in [3.05, 3.63) is 0 Å². The number of ether oxygens (including phenoxy) is 1. The average Bonchev–Trinajstić information content (AvgIpc) is 2.93. The van der Waals surface area contributed by atoms with E-state index in [1.165, 1.54) is 0 Å². The Morgan fingerprint density at radius 2 is 2.12 bits per heavy atom. The Kier molecular flexibility index (Phi) is 2.36. The molecule has 0 aromatic carbocycles. The zero-order valence-electron chi connectivity index (χ0n) is 10.1. The number of fused-ring (bicyclic) bond motifs is 2. The molecule has 3 nitrogen and oxygen atoms in total. The molecule has 2 saturated heterocycles. The first kappa shape index (κ1) is 11.0. The van der Waals surface area contributed by atoms with E-state index >= 15 is 0 Å². The summed E-state index contributed by atoms with van der Waals surface area (Å²) in [6, 6.07) is 0. The summed E-state index contributed by atoms with van der Waals surface area (Å²) >= 11 is 0. The number of nitrogens with two attached hydrogens (primary N) is 1. The molecule has 1 saturated carbocycles. The lowest BCUT2D eigenvalue weighted by Gasteiger charge is -2.46. The maximum absolute atomic E-state index is 11.0. The van der Waals surface area contributed by atoms with Crippen LogP contribution in [0, 0.1) is 11.3 Å². The molecule has 2 heterocycles. The van der Waals surface area contributed by atoms with Crippen LogP contribution in [0.2, 0.25) is 0 Å². The Morgan fingerprint density at radius 1 is 1.31 bits per heavy atom. The number of hydrogen-bond acceptors (Lipinski definition) is 3. The highest BCUT2D eigenvalue weighted by Crippen LogP contribution is 2.58. The molecule has 2 aliphatic heterocycles. The SMILES string of the molecule is CC1CCC(O)(C2(CN)CC3CCC2O3)C1. The van der Waals surface area contributed by atoms with Crippen LogP contribution in [-0.4, -0.2) is 29.5 Å². The van der Waals surface area contributed by atoms with Gasteiger partial charge in [0.1, 0.15) is 0 Å². The van der Waals surface area contributed by atoms with Gasteiger partial charge in [-0.05, 0) is 44.4 Å². The van der Waals surface area contributed by atoms with Crippen molar-refractivity contribution in [2.24, 2.45) is 17.1 Å². The molecule has 3 heteroatoms. The highest BCUT2D eigenvalue weighted by Gasteiger charge is 2.63. The van der Waals surface area contributed by atoms with Crippen LogP contribution in [0.15, 0.2) is 0 Å². The molecule has 3 rings (SSSR count). The van der Waals surface area contributed by atoms with E-state index in [1.807, 2.05) is 0 Å². The third kappa shape index (κ3) is 1.25. The Hall–Kier alpha value is -0.120. The second-order valence-corrected chi connectivity index (χ2v) is 6.27. The second-order valence-electron chi connectivity index (χ2n) is 6.27. The van der Waals surface area contributed by atoms with Crippen molar-refractivity contribution in [1.82, 2.24) is 0 Å². The van der Waals surface area contributed by atoms with E-state index in [0.29, 0.717) is 18.6 Å². The van der Waals surface area contributed by atoms with E-state index in [1.54, 1.807) is 0 Å². The normalized spacial score (nSPS) is 56.1. The van der Waals surface area contributed by atoms with Gasteiger partial charge in [0.05, 0.1) is 17.8 Å². The monoisotopic (exact) mass is 225 g/mol. The molecular weight excluding hydrogens is 202 g/mol. The van der Waals surface area contributed by atoms with Gasteiger partial charge in [-0.25, -0.2) is 0 Å². The van der Waals surface area contributed by atoms with Crippen molar-refractivity contribution in [3.8, 4) is 0 Å². The van der Waals surface area contributed by atoms with Gasteiger partial charge < -0.3 is 15.6 Å². The molecular formula is C13H23NO2. The van der Waals surface area contributed by atoms with E-state index in [0.717, 1.165) is 38.5 Å². The van der Waals surface area contributed by atoms with Gasteiger partial charge in [0, 0.05) is 12.0 Å². The number of aliphatic hydroxyl groups is 1. The fraction of sp³-hybridized carbons (Fsp3) is 1.00. The van der Waals surface area contributed by atoms with Crippen LogP contribution in [-0.2, 0) is 4.74 Å². The van der Waals surface area contributed by atoms with Gasteiger partial charge in [-0.1, -0.05) is 6.92 Å². The molecule has 2 bridgehead atoms. The lowest BCUT2D eigenvalue weighted by Crippen LogP contribution is -2.56. The highest BCUT2D eigenvalue weighted by molar-refractivity contribution is 5.13. The van der Waals surface area contributed by atoms with Crippen molar-refractivity contribution in [3.63, 3.8) is 0 Å². The smallest absolute Gasteiger partial charge is 0.0744 e. The molecule has 16 heavy (non-hydrogen) atoms. The topological polar surface area (TPSA) is 55.5 Å². The van der Waals surface area contributed by atoms with Gasteiger partial charge in [0.25, 0.3) is 0 Å². The maximum atomic E-state index is 11.0. The number of hydrogen-bond donors (Lipinski definition) is 2. The molecule has 1 aliphatic carbocycles. The van der Waals surface area contributed by atoms with Gasteiger partial charge in [-0.15, -0.1) is 0 Å². The summed E-state index contributed by atoms with van der Waals surface area (Å²) in [6.45, 7) is 2.81. The minimum absolute atomic E-state index is 0.138. The molecule has 0 spiro atoms. The van der Waals surface area contributed by atoms with Crippen molar-refractivity contribution in [1.29, 1.82) is 0 Å². The predicted molar refractivity (Wildman–Crippen MR) is 62.0 cm³/mol. The van der Waals surface area contributed by atoms with Crippen LogP contribution in [0.4, 0.5) is 0 Å². The minimum atomic E-state index is -0.555. The van der Waals surface area contributed by atoms with Crippen LogP contribution in [0.1, 0.15) is 45.4 Å². The summed E-state index contributed by atoms with van der Waals surface area (Å²) in [5.74, 6) is 0.632. The maximum Gasteiger partial charge on any atom is 0.0744 e. The first-order chi connectivity index (χ1) is 7.60. The first-order valence-electron chi connectivity index (χ1n) is 6.67. The van der Waals surface area contributed by atoms with Crippen LogP contribution in [0.5, 0.6) is 0 Å². The lowest BCUT2D eigenvalue weighted by molar-refractivity contribution is -0.108. The molecule has 92 valence electrons. The Labute approximate surface area is 97.3 Å². The van der Waals surface area contributed by atoms with Crippen LogP contribution >= 0.6 is 0 Å². The van der Waals surface area contributed by atoms with E-state index in [4.69, 9.17) is 10.5 Å². The van der Waals surface area contributed by atoms with Crippen LogP contribution in [0.25, 0.3) is 0 Å². The van der Waals surface area contributed by atoms with E-state index < -0.39 is 5.60 Å². The van der Waals surface area contributed by atoms with Crippen LogP contribution in [0.3, 0.4) is 0 Å². The Balaban J connectivity index is 1.91. The van der Waals surface area contributed by atoms with Gasteiger partial charge in [-0.2, -0.15) is 0 Å². The second kappa shape index (κ2) is 3.44. The fourth-order valence-corrected chi connectivity index (χ4v) is 4.41. The molecule has 3 N–H and O–H groups in total. The molecule has 3 aliphatic rings. The zero-order chi connectivity index (χ0) is 11.4. The van der Waals surface area contributed by atoms with Crippen molar-refractivity contribution < 1.29 is 9.84 Å². The fourth-order valence-electron chi connectivity index (χ4n) is 4.41. The molecule has 0 aromatic heterocycles. The largest absolute Gasteiger partial charge is 0.389 e. The Bertz CT molecular complexity index is 296. The molecule has 0 aromatic rings. The van der Waals surface area contributed by atoms with Gasteiger partial charge >= 0.3 is 0 Å². The molecule has 5 unspecified atom stereocenters. The van der Waals surface area contributed by atoms with E-state index in [-0.39, 0.29) is 11.5 Å². The number of rotatable bonds is 2. The summed E-state index contributed by atoms with van der Waals surface area (Å²) in [5, 5.41) is 11.0. The lowest BCUT2D eigenvalue weighted by atomic mass is 9.62. The van der Waals surface area contributed by atoms with Gasteiger partial charge in [0.15, 0.2) is 0 Å². The average molecular weight is 225 g/mol. The highest BCUT2D eigenvalue weighted by atomic mass is 16.5. The Morgan fingerprint density at radius 3 is 2.56 bits per heavy atom. The summed E-state index contributed by atoms with van der Waals surface area (Å²) in [4.78, 5) is 0. The first-order valence-corrected chi connectivity index (χ1v) is 6.67. The summed E-state index contributed by atoms with van der Waals surface area (Å²) in [6.07, 6.45) is 6.80.